The zero-order valence-electron chi connectivity index (χ0n) is 13.5. The van der Waals surface area contributed by atoms with Crippen LogP contribution in [0, 0.1) is 5.92 Å². The van der Waals surface area contributed by atoms with Gasteiger partial charge < -0.3 is 9.64 Å². The number of thiophene rings is 1. The Bertz CT molecular complexity index is 477. The number of rotatable bonds is 5. The van der Waals surface area contributed by atoms with Gasteiger partial charge in [0.2, 0.25) is 0 Å². The van der Waals surface area contributed by atoms with Crippen LogP contribution >= 0.6 is 11.3 Å². The number of ether oxygens (including phenoxy) is 1. The van der Waals surface area contributed by atoms with Gasteiger partial charge in [-0.3, -0.25) is 9.69 Å². The van der Waals surface area contributed by atoms with Crippen molar-refractivity contribution in [2.75, 3.05) is 32.8 Å². The van der Waals surface area contributed by atoms with E-state index in [1.165, 1.54) is 11.3 Å². The van der Waals surface area contributed by atoms with Crippen molar-refractivity contribution in [2.24, 2.45) is 5.92 Å². The largest absolute Gasteiger partial charge is 0.381 e. The molecule has 2 aliphatic heterocycles. The first-order chi connectivity index (χ1) is 10.6. The molecule has 3 heterocycles. The summed E-state index contributed by atoms with van der Waals surface area (Å²) < 4.78 is 5.50. The second-order valence-electron chi connectivity index (χ2n) is 6.78. The van der Waals surface area contributed by atoms with E-state index in [-0.39, 0.29) is 5.91 Å². The lowest BCUT2D eigenvalue weighted by Crippen LogP contribution is -2.64. The summed E-state index contributed by atoms with van der Waals surface area (Å²) in [6, 6.07) is 5.02. The number of nitrogens with zero attached hydrogens (tertiary/aromatic N) is 2. The van der Waals surface area contributed by atoms with Crippen LogP contribution in [0.4, 0.5) is 0 Å². The van der Waals surface area contributed by atoms with Crippen LogP contribution in [0.15, 0.2) is 17.5 Å². The topological polar surface area (TPSA) is 32.8 Å². The fraction of sp³-hybridized carbons (Fsp3) is 0.706. The molecule has 2 aliphatic rings. The molecule has 0 aromatic carbocycles. The summed E-state index contributed by atoms with van der Waals surface area (Å²) in [5, 5.41) is 1.97. The summed E-state index contributed by atoms with van der Waals surface area (Å²) in [4.78, 5) is 17.8. The van der Waals surface area contributed by atoms with E-state index in [2.05, 4.69) is 18.7 Å². The fourth-order valence-electron chi connectivity index (χ4n) is 3.42. The molecular weight excluding hydrogens is 296 g/mol. The molecule has 0 atom stereocenters. The number of likely N-dealkylation sites (tertiary alicyclic amines) is 1. The second kappa shape index (κ2) is 7.11. The first kappa shape index (κ1) is 16.0. The van der Waals surface area contributed by atoms with Crippen molar-refractivity contribution in [3.05, 3.63) is 22.4 Å². The smallest absolute Gasteiger partial charge is 0.264 e. The van der Waals surface area contributed by atoms with Crippen molar-refractivity contribution in [3.63, 3.8) is 0 Å². The van der Waals surface area contributed by atoms with Crippen LogP contribution in [-0.4, -0.2) is 60.6 Å². The Balaban J connectivity index is 1.58. The minimum Gasteiger partial charge on any atom is -0.381 e. The summed E-state index contributed by atoms with van der Waals surface area (Å²) in [5.74, 6) is 0.854. The highest BCUT2D eigenvalue weighted by Crippen LogP contribution is 2.26. The lowest BCUT2D eigenvalue weighted by molar-refractivity contribution is -0.0292. The Labute approximate surface area is 137 Å². The maximum Gasteiger partial charge on any atom is 0.264 e. The zero-order valence-corrected chi connectivity index (χ0v) is 14.3. The van der Waals surface area contributed by atoms with Crippen molar-refractivity contribution in [2.45, 2.75) is 38.8 Å². The highest BCUT2D eigenvalue weighted by molar-refractivity contribution is 7.12. The average molecular weight is 322 g/mol. The van der Waals surface area contributed by atoms with E-state index in [4.69, 9.17) is 4.74 Å². The van der Waals surface area contributed by atoms with E-state index < -0.39 is 0 Å². The minimum atomic E-state index is 0.197. The summed E-state index contributed by atoms with van der Waals surface area (Å²) in [7, 11) is 0. The third-order valence-electron chi connectivity index (χ3n) is 4.59. The first-order valence-corrected chi connectivity index (χ1v) is 9.19. The molecule has 1 amide bonds. The first-order valence-electron chi connectivity index (χ1n) is 8.31. The van der Waals surface area contributed by atoms with Crippen LogP contribution in [0.1, 0.15) is 36.4 Å². The molecule has 0 N–H and O–H groups in total. The predicted molar refractivity (Wildman–Crippen MR) is 89.4 cm³/mol. The lowest BCUT2D eigenvalue weighted by Gasteiger charge is -2.49. The van der Waals surface area contributed by atoms with Gasteiger partial charge >= 0.3 is 0 Å². The number of amides is 1. The molecule has 22 heavy (non-hydrogen) atoms. The molecule has 0 spiro atoms. The van der Waals surface area contributed by atoms with E-state index in [0.29, 0.717) is 18.0 Å². The standard InChI is InChI=1S/C17H26N2O2S/c1-13(2)10-19(14-5-7-21-8-6-14)15-11-18(12-15)17(20)16-4-3-9-22-16/h3-4,9,13-15H,5-8,10-12H2,1-2H3. The molecule has 0 unspecified atom stereocenters. The van der Waals surface area contributed by atoms with E-state index in [1.807, 2.05) is 22.4 Å². The minimum absolute atomic E-state index is 0.197. The van der Waals surface area contributed by atoms with Gasteiger partial charge in [-0.05, 0) is 30.2 Å². The van der Waals surface area contributed by atoms with Gasteiger partial charge in [-0.25, -0.2) is 0 Å². The quantitative estimate of drug-likeness (QED) is 0.835. The van der Waals surface area contributed by atoms with Crippen LogP contribution in [0.2, 0.25) is 0 Å². The molecule has 1 aromatic rings. The van der Waals surface area contributed by atoms with E-state index >= 15 is 0 Å². The van der Waals surface area contributed by atoms with Crippen molar-refractivity contribution in [3.8, 4) is 0 Å². The highest BCUT2D eigenvalue weighted by atomic mass is 32.1. The summed E-state index contributed by atoms with van der Waals surface area (Å²) >= 11 is 1.54. The van der Waals surface area contributed by atoms with Gasteiger partial charge in [0.15, 0.2) is 0 Å². The molecule has 0 bridgehead atoms. The second-order valence-corrected chi connectivity index (χ2v) is 7.72. The Morgan fingerprint density at radius 1 is 1.36 bits per heavy atom. The Morgan fingerprint density at radius 2 is 2.09 bits per heavy atom. The molecule has 5 heteroatoms. The SMILES string of the molecule is CC(C)CN(C1CCOCC1)C1CN(C(=O)c2cccs2)C1. The zero-order chi connectivity index (χ0) is 15.5. The maximum atomic E-state index is 12.4. The summed E-state index contributed by atoms with van der Waals surface area (Å²) in [6.45, 7) is 9.19. The molecule has 0 aliphatic carbocycles. The maximum absolute atomic E-state index is 12.4. The number of hydrogen-bond donors (Lipinski definition) is 0. The fourth-order valence-corrected chi connectivity index (χ4v) is 4.11. The van der Waals surface area contributed by atoms with Gasteiger partial charge in [0.1, 0.15) is 0 Å². The predicted octanol–water partition coefficient (Wildman–Crippen LogP) is 2.71. The molecule has 4 nitrogen and oxygen atoms in total. The number of carbonyl (C=O) groups excluding carboxylic acids is 1. The van der Waals surface area contributed by atoms with Crippen molar-refractivity contribution in [1.29, 1.82) is 0 Å². The molecule has 0 saturated carbocycles. The van der Waals surface area contributed by atoms with Crippen molar-refractivity contribution >= 4 is 17.2 Å². The summed E-state index contributed by atoms with van der Waals surface area (Å²) in [6.07, 6.45) is 2.25. The van der Waals surface area contributed by atoms with Gasteiger partial charge in [0, 0.05) is 44.9 Å². The Hall–Kier alpha value is -0.910. The Morgan fingerprint density at radius 3 is 2.68 bits per heavy atom. The molecule has 3 rings (SSSR count). The number of hydrogen-bond acceptors (Lipinski definition) is 4. The molecule has 2 saturated heterocycles. The van der Waals surface area contributed by atoms with Gasteiger partial charge in [-0.15, -0.1) is 11.3 Å². The normalized spacial score (nSPS) is 20.6. The number of carbonyl (C=O) groups is 1. The van der Waals surface area contributed by atoms with Crippen LogP contribution in [0.3, 0.4) is 0 Å². The Kier molecular flexibility index (Phi) is 5.16. The highest BCUT2D eigenvalue weighted by Gasteiger charge is 2.38. The molecule has 0 radical (unpaired) electrons. The van der Waals surface area contributed by atoms with E-state index in [0.717, 1.165) is 50.6 Å². The van der Waals surface area contributed by atoms with Gasteiger partial charge in [-0.1, -0.05) is 19.9 Å². The third-order valence-corrected chi connectivity index (χ3v) is 5.44. The molecular formula is C17H26N2O2S. The van der Waals surface area contributed by atoms with Gasteiger partial charge in [0.25, 0.3) is 5.91 Å². The van der Waals surface area contributed by atoms with Crippen LogP contribution in [0.5, 0.6) is 0 Å². The molecule has 2 fully saturated rings. The monoisotopic (exact) mass is 322 g/mol. The lowest BCUT2D eigenvalue weighted by atomic mass is 9.98. The summed E-state index contributed by atoms with van der Waals surface area (Å²) in [5.41, 5.74) is 0. The van der Waals surface area contributed by atoms with Crippen LogP contribution < -0.4 is 0 Å². The van der Waals surface area contributed by atoms with Crippen LogP contribution in [0.25, 0.3) is 0 Å². The molecule has 122 valence electrons. The van der Waals surface area contributed by atoms with E-state index in [9.17, 15) is 4.79 Å². The third kappa shape index (κ3) is 3.53. The van der Waals surface area contributed by atoms with Gasteiger partial charge in [0.05, 0.1) is 4.88 Å². The molecule has 1 aromatic heterocycles. The average Bonchev–Trinajstić information content (AvgIpc) is 2.99. The van der Waals surface area contributed by atoms with Gasteiger partial charge in [-0.2, -0.15) is 0 Å². The van der Waals surface area contributed by atoms with Crippen molar-refractivity contribution < 1.29 is 9.53 Å². The van der Waals surface area contributed by atoms with E-state index in [1.54, 1.807) is 0 Å². The van der Waals surface area contributed by atoms with Crippen molar-refractivity contribution in [1.82, 2.24) is 9.80 Å². The van der Waals surface area contributed by atoms with Crippen LogP contribution in [-0.2, 0) is 4.74 Å².